The predicted molar refractivity (Wildman–Crippen MR) is 63.4 cm³/mol. The third-order valence-electron chi connectivity index (χ3n) is 2.07. The van der Waals surface area contributed by atoms with Crippen molar-refractivity contribution in [3.8, 4) is 0 Å². The van der Waals surface area contributed by atoms with E-state index in [9.17, 15) is 8.78 Å². The van der Waals surface area contributed by atoms with Gasteiger partial charge in [0.25, 0.3) is 0 Å². The maximum Gasteiger partial charge on any atom is 0.205 e. The Morgan fingerprint density at radius 3 is 2.47 bits per heavy atom. The second kappa shape index (κ2) is 6.80. The van der Waals surface area contributed by atoms with Gasteiger partial charge in [-0.3, -0.25) is 10.4 Å². The molecule has 94 valence electrons. The molecule has 0 radical (unpaired) electrons. The highest BCUT2D eigenvalue weighted by molar-refractivity contribution is 5.79. The number of rotatable bonds is 4. The van der Waals surface area contributed by atoms with Gasteiger partial charge in [0.15, 0.2) is 0 Å². The number of nitrogens with zero attached hydrogens (tertiary/aromatic N) is 1. The summed E-state index contributed by atoms with van der Waals surface area (Å²) in [5.74, 6) is 4.53. The van der Waals surface area contributed by atoms with Gasteiger partial charge in [-0.25, -0.2) is 14.6 Å². The van der Waals surface area contributed by atoms with Crippen molar-refractivity contribution in [2.24, 2.45) is 10.8 Å². The van der Waals surface area contributed by atoms with E-state index in [1.165, 1.54) is 12.1 Å². The third kappa shape index (κ3) is 4.78. The number of halogens is 2. The molecule has 0 aromatic heterocycles. The zero-order chi connectivity index (χ0) is 12.7. The van der Waals surface area contributed by atoms with Gasteiger partial charge >= 0.3 is 0 Å². The molecule has 0 spiro atoms. The second-order valence-electron chi connectivity index (χ2n) is 3.43. The summed E-state index contributed by atoms with van der Waals surface area (Å²) in [4.78, 5) is 4.11. The SMILES string of the molecule is CCNC(=NCCc1cc(F)cc(F)c1)NN. The highest BCUT2D eigenvalue weighted by atomic mass is 19.1. The lowest BCUT2D eigenvalue weighted by Gasteiger charge is -2.06. The molecule has 0 heterocycles. The number of nitrogens with two attached hydrogens (primary N) is 1. The zero-order valence-corrected chi connectivity index (χ0v) is 9.63. The highest BCUT2D eigenvalue weighted by Gasteiger charge is 2.00. The first-order valence-corrected chi connectivity index (χ1v) is 5.35. The number of nitrogens with one attached hydrogen (secondary N) is 2. The summed E-state index contributed by atoms with van der Waals surface area (Å²) >= 11 is 0. The Bertz CT molecular complexity index is 373. The molecule has 4 nitrogen and oxygen atoms in total. The average molecular weight is 242 g/mol. The van der Waals surface area contributed by atoms with Crippen molar-refractivity contribution in [2.45, 2.75) is 13.3 Å². The fourth-order valence-corrected chi connectivity index (χ4v) is 1.37. The molecule has 6 heteroatoms. The molecule has 0 aliphatic rings. The van der Waals surface area contributed by atoms with E-state index >= 15 is 0 Å². The Balaban J connectivity index is 2.55. The molecule has 4 N–H and O–H groups in total. The van der Waals surface area contributed by atoms with Gasteiger partial charge < -0.3 is 5.32 Å². The summed E-state index contributed by atoms with van der Waals surface area (Å²) in [7, 11) is 0. The monoisotopic (exact) mass is 242 g/mol. The molecule has 0 unspecified atom stereocenters. The molecular weight excluding hydrogens is 226 g/mol. The quantitative estimate of drug-likeness (QED) is 0.318. The fraction of sp³-hybridized carbons (Fsp3) is 0.364. The smallest absolute Gasteiger partial charge is 0.205 e. The van der Waals surface area contributed by atoms with E-state index in [-0.39, 0.29) is 0 Å². The van der Waals surface area contributed by atoms with Crippen LogP contribution in [0.4, 0.5) is 8.78 Å². The van der Waals surface area contributed by atoms with Gasteiger partial charge in [-0.15, -0.1) is 0 Å². The number of aliphatic imine (C=N–C) groups is 1. The van der Waals surface area contributed by atoms with Crippen LogP contribution >= 0.6 is 0 Å². The van der Waals surface area contributed by atoms with Crippen molar-refractivity contribution in [3.05, 3.63) is 35.4 Å². The summed E-state index contributed by atoms with van der Waals surface area (Å²) < 4.78 is 25.8. The van der Waals surface area contributed by atoms with Crippen LogP contribution in [-0.2, 0) is 6.42 Å². The van der Waals surface area contributed by atoms with E-state index in [2.05, 4.69) is 15.7 Å². The van der Waals surface area contributed by atoms with Gasteiger partial charge in [-0.05, 0) is 31.0 Å². The van der Waals surface area contributed by atoms with E-state index in [0.29, 0.717) is 31.0 Å². The topological polar surface area (TPSA) is 62.4 Å². The van der Waals surface area contributed by atoms with Crippen LogP contribution in [0.3, 0.4) is 0 Å². The van der Waals surface area contributed by atoms with Crippen LogP contribution in [0.1, 0.15) is 12.5 Å². The number of benzene rings is 1. The standard InChI is InChI=1S/C11H16F2N4/c1-2-15-11(17-14)16-4-3-8-5-9(12)7-10(13)6-8/h5-7H,2-4,14H2,1H3,(H2,15,16,17). The molecule has 17 heavy (non-hydrogen) atoms. The minimum atomic E-state index is -0.576. The van der Waals surface area contributed by atoms with E-state index < -0.39 is 11.6 Å². The molecule has 0 atom stereocenters. The zero-order valence-electron chi connectivity index (χ0n) is 9.63. The van der Waals surface area contributed by atoms with Crippen molar-refractivity contribution in [2.75, 3.05) is 13.1 Å². The molecule has 0 saturated heterocycles. The van der Waals surface area contributed by atoms with Crippen molar-refractivity contribution in [1.82, 2.24) is 10.7 Å². The Kier molecular flexibility index (Phi) is 5.35. The van der Waals surface area contributed by atoms with E-state index in [1.54, 1.807) is 0 Å². The molecule has 0 saturated carbocycles. The van der Waals surface area contributed by atoms with Gasteiger partial charge in [0.2, 0.25) is 5.96 Å². The lowest BCUT2D eigenvalue weighted by molar-refractivity contribution is 0.579. The molecule has 1 aromatic carbocycles. The molecule has 1 rings (SSSR count). The van der Waals surface area contributed by atoms with Crippen LogP contribution in [0.5, 0.6) is 0 Å². The van der Waals surface area contributed by atoms with Crippen LogP contribution in [0.25, 0.3) is 0 Å². The van der Waals surface area contributed by atoms with Crippen LogP contribution in [0.2, 0.25) is 0 Å². The minimum absolute atomic E-state index is 0.398. The molecular formula is C11H16F2N4. The molecule has 0 aliphatic heterocycles. The van der Waals surface area contributed by atoms with Crippen molar-refractivity contribution < 1.29 is 8.78 Å². The number of hydrazine groups is 1. The van der Waals surface area contributed by atoms with Crippen LogP contribution in [0, 0.1) is 11.6 Å². The average Bonchev–Trinajstić information content (AvgIpc) is 2.26. The summed E-state index contributed by atoms with van der Waals surface area (Å²) in [6.07, 6.45) is 0.450. The summed E-state index contributed by atoms with van der Waals surface area (Å²) in [5, 5.41) is 2.91. The number of guanidine groups is 1. The van der Waals surface area contributed by atoms with Crippen LogP contribution in [0.15, 0.2) is 23.2 Å². The lowest BCUT2D eigenvalue weighted by atomic mass is 10.1. The normalized spacial score (nSPS) is 11.4. The van der Waals surface area contributed by atoms with Gasteiger partial charge in [0.1, 0.15) is 11.6 Å². The molecule has 0 fully saturated rings. The first-order chi connectivity index (χ1) is 8.15. The molecule has 0 aliphatic carbocycles. The Hall–Kier alpha value is -1.69. The minimum Gasteiger partial charge on any atom is -0.356 e. The van der Waals surface area contributed by atoms with Crippen molar-refractivity contribution >= 4 is 5.96 Å². The number of hydrogen-bond donors (Lipinski definition) is 3. The van der Waals surface area contributed by atoms with Crippen molar-refractivity contribution in [3.63, 3.8) is 0 Å². The maximum absolute atomic E-state index is 12.9. The van der Waals surface area contributed by atoms with E-state index in [1.807, 2.05) is 6.92 Å². The maximum atomic E-state index is 12.9. The Morgan fingerprint density at radius 2 is 1.94 bits per heavy atom. The van der Waals surface area contributed by atoms with Gasteiger partial charge in [0, 0.05) is 19.2 Å². The molecule has 0 bridgehead atoms. The third-order valence-corrected chi connectivity index (χ3v) is 2.07. The van der Waals surface area contributed by atoms with Gasteiger partial charge in [-0.1, -0.05) is 0 Å². The lowest BCUT2D eigenvalue weighted by Crippen LogP contribution is -2.41. The predicted octanol–water partition coefficient (Wildman–Crippen LogP) is 0.936. The molecule has 0 amide bonds. The fourth-order valence-electron chi connectivity index (χ4n) is 1.37. The van der Waals surface area contributed by atoms with E-state index in [0.717, 1.165) is 6.07 Å². The summed E-state index contributed by atoms with van der Waals surface area (Å²) in [5.41, 5.74) is 2.97. The van der Waals surface area contributed by atoms with E-state index in [4.69, 9.17) is 5.84 Å². The van der Waals surface area contributed by atoms with Gasteiger partial charge in [-0.2, -0.15) is 0 Å². The Labute approximate surface area is 98.9 Å². The first kappa shape index (κ1) is 13.4. The largest absolute Gasteiger partial charge is 0.356 e. The second-order valence-corrected chi connectivity index (χ2v) is 3.43. The van der Waals surface area contributed by atoms with Gasteiger partial charge in [0.05, 0.1) is 0 Å². The highest BCUT2D eigenvalue weighted by Crippen LogP contribution is 2.08. The van der Waals surface area contributed by atoms with Crippen LogP contribution in [-0.4, -0.2) is 19.0 Å². The first-order valence-electron chi connectivity index (χ1n) is 5.35. The molecule has 1 aromatic rings. The summed E-state index contributed by atoms with van der Waals surface area (Å²) in [6.45, 7) is 3.00. The van der Waals surface area contributed by atoms with Crippen LogP contribution < -0.4 is 16.6 Å². The van der Waals surface area contributed by atoms with Crippen molar-refractivity contribution in [1.29, 1.82) is 0 Å². The Morgan fingerprint density at radius 1 is 1.29 bits per heavy atom. The summed E-state index contributed by atoms with van der Waals surface area (Å²) in [6, 6.07) is 3.43. The number of hydrogen-bond acceptors (Lipinski definition) is 2.